The van der Waals surface area contributed by atoms with Gasteiger partial charge in [-0.25, -0.2) is 0 Å². The van der Waals surface area contributed by atoms with Crippen molar-refractivity contribution in [2.24, 2.45) is 0 Å². The van der Waals surface area contributed by atoms with Crippen LogP contribution in [0.15, 0.2) is 23.3 Å². The summed E-state index contributed by atoms with van der Waals surface area (Å²) in [5.41, 5.74) is 1.66. The predicted molar refractivity (Wildman–Crippen MR) is 41.2 cm³/mol. The van der Waals surface area contributed by atoms with Crippen LogP contribution in [0, 0.1) is 22.7 Å². The van der Waals surface area contributed by atoms with E-state index in [0.29, 0.717) is 5.57 Å². The van der Waals surface area contributed by atoms with Gasteiger partial charge in [0.15, 0.2) is 0 Å². The largest absolute Gasteiger partial charge is 0.198 e. The van der Waals surface area contributed by atoms with Gasteiger partial charge < -0.3 is 0 Å². The first-order valence-electron chi connectivity index (χ1n) is 3.54. The average Bonchev–Trinajstić information content (AvgIpc) is 2.52. The molecule has 0 heterocycles. The van der Waals surface area contributed by atoms with Crippen LogP contribution in [0.1, 0.15) is 19.3 Å². The Kier molecular flexibility index (Phi) is 2.47. The van der Waals surface area contributed by atoms with Crippen molar-refractivity contribution in [1.29, 1.82) is 10.5 Å². The zero-order valence-corrected chi connectivity index (χ0v) is 6.17. The van der Waals surface area contributed by atoms with E-state index in [4.69, 9.17) is 10.5 Å². The zero-order valence-electron chi connectivity index (χ0n) is 6.17. The van der Waals surface area contributed by atoms with Gasteiger partial charge in [-0.2, -0.15) is 10.5 Å². The lowest BCUT2D eigenvalue weighted by Crippen LogP contribution is -1.82. The van der Waals surface area contributed by atoms with Crippen LogP contribution in [0.2, 0.25) is 0 Å². The van der Waals surface area contributed by atoms with Gasteiger partial charge in [-0.05, 0) is 18.4 Å². The van der Waals surface area contributed by atoms with Gasteiger partial charge in [0.2, 0.25) is 0 Å². The van der Waals surface area contributed by atoms with Crippen molar-refractivity contribution >= 4 is 0 Å². The Balaban J connectivity index is 2.84. The van der Waals surface area contributed by atoms with E-state index in [1.54, 1.807) is 0 Å². The van der Waals surface area contributed by atoms with E-state index in [9.17, 15) is 0 Å². The fourth-order valence-electron chi connectivity index (χ4n) is 1.10. The summed E-state index contributed by atoms with van der Waals surface area (Å²) in [7, 11) is 0. The van der Waals surface area contributed by atoms with E-state index in [2.05, 4.69) is 6.07 Å². The summed E-state index contributed by atoms with van der Waals surface area (Å²) in [6.45, 7) is 0. The third kappa shape index (κ3) is 1.69. The highest BCUT2D eigenvalue weighted by atomic mass is 14.3. The molecule has 1 aliphatic carbocycles. The lowest BCUT2D eigenvalue weighted by molar-refractivity contribution is 1.04. The smallest absolute Gasteiger partial charge is 0.0961 e. The molecule has 0 N–H and O–H groups in total. The second kappa shape index (κ2) is 3.58. The molecule has 0 bridgehead atoms. The van der Waals surface area contributed by atoms with Gasteiger partial charge in [0.25, 0.3) is 0 Å². The van der Waals surface area contributed by atoms with Gasteiger partial charge in [0, 0.05) is 5.57 Å². The van der Waals surface area contributed by atoms with Crippen LogP contribution >= 0.6 is 0 Å². The molecule has 54 valence electrons. The minimum absolute atomic E-state index is 0.246. The highest BCUT2D eigenvalue weighted by molar-refractivity contribution is 5.39. The van der Waals surface area contributed by atoms with E-state index < -0.39 is 0 Å². The first kappa shape index (κ1) is 7.57. The number of rotatable bonds is 1. The van der Waals surface area contributed by atoms with Crippen molar-refractivity contribution in [3.63, 3.8) is 0 Å². The summed E-state index contributed by atoms with van der Waals surface area (Å²) in [4.78, 5) is 0. The summed E-state index contributed by atoms with van der Waals surface area (Å²) < 4.78 is 0. The van der Waals surface area contributed by atoms with Gasteiger partial charge in [0.1, 0.15) is 0 Å². The molecule has 1 rings (SSSR count). The van der Waals surface area contributed by atoms with Gasteiger partial charge >= 0.3 is 0 Å². The molecule has 0 spiro atoms. The van der Waals surface area contributed by atoms with Gasteiger partial charge in [-0.15, -0.1) is 0 Å². The fourth-order valence-corrected chi connectivity index (χ4v) is 1.10. The number of hydrogen-bond donors (Lipinski definition) is 0. The van der Waals surface area contributed by atoms with Crippen LogP contribution in [-0.2, 0) is 0 Å². The molecular weight excluding hydrogens is 136 g/mol. The van der Waals surface area contributed by atoms with Crippen LogP contribution in [0.4, 0.5) is 0 Å². The summed E-state index contributed by atoms with van der Waals surface area (Å²) in [6.07, 6.45) is 6.15. The van der Waals surface area contributed by atoms with Crippen LogP contribution in [-0.4, -0.2) is 0 Å². The summed E-state index contributed by atoms with van der Waals surface area (Å²) in [6, 6.07) is 4.03. The lowest BCUT2D eigenvalue weighted by atomic mass is 10.1. The molecule has 0 aromatic carbocycles. The maximum atomic E-state index is 8.62. The molecule has 1 aliphatic rings. The van der Waals surface area contributed by atoms with E-state index in [0.717, 1.165) is 18.4 Å². The van der Waals surface area contributed by atoms with Crippen molar-refractivity contribution in [2.75, 3.05) is 0 Å². The highest BCUT2D eigenvalue weighted by Gasteiger charge is 2.06. The minimum atomic E-state index is 0.246. The Morgan fingerprint density at radius 2 is 2.36 bits per heavy atom. The topological polar surface area (TPSA) is 47.6 Å². The molecule has 2 heteroatoms. The van der Waals surface area contributed by atoms with Crippen molar-refractivity contribution < 1.29 is 0 Å². The fraction of sp³-hybridized carbons (Fsp3) is 0.333. The van der Waals surface area contributed by atoms with Crippen molar-refractivity contribution in [1.82, 2.24) is 0 Å². The molecule has 0 saturated carbocycles. The summed E-state index contributed by atoms with van der Waals surface area (Å²) in [5.74, 6) is 0. The maximum absolute atomic E-state index is 8.62. The molecular formula is C9H8N2. The maximum Gasteiger partial charge on any atom is 0.0961 e. The molecule has 0 amide bonds. The number of hydrogen-bond acceptors (Lipinski definition) is 2. The van der Waals surface area contributed by atoms with Gasteiger partial charge in [0.05, 0.1) is 18.6 Å². The Morgan fingerprint density at radius 1 is 1.55 bits per heavy atom. The summed E-state index contributed by atoms with van der Waals surface area (Å²) >= 11 is 0. The Bertz CT molecular complexity index is 284. The standard InChI is InChI=1S/C9H8N2/c10-6-5-9(7-11)8-3-1-2-4-8/h1,3H,2,4-5H2/b9-8+. The molecule has 0 atom stereocenters. The highest BCUT2D eigenvalue weighted by Crippen LogP contribution is 2.20. The monoisotopic (exact) mass is 144 g/mol. The third-order valence-electron chi connectivity index (χ3n) is 1.68. The molecule has 2 nitrogen and oxygen atoms in total. The average molecular weight is 144 g/mol. The van der Waals surface area contributed by atoms with E-state index in [1.165, 1.54) is 0 Å². The third-order valence-corrected chi connectivity index (χ3v) is 1.68. The molecule has 11 heavy (non-hydrogen) atoms. The minimum Gasteiger partial charge on any atom is -0.198 e. The summed E-state index contributed by atoms with van der Waals surface area (Å²) in [5, 5.41) is 17.0. The molecule has 0 aromatic rings. The second-order valence-electron chi connectivity index (χ2n) is 2.39. The SMILES string of the molecule is N#CC/C(C#N)=C1/C=CCC1. The first-order chi connectivity index (χ1) is 5.38. The van der Waals surface area contributed by atoms with Crippen molar-refractivity contribution in [3.8, 4) is 12.1 Å². The quantitative estimate of drug-likeness (QED) is 0.529. The van der Waals surface area contributed by atoms with Gasteiger partial charge in [-0.3, -0.25) is 0 Å². The number of nitriles is 2. The van der Waals surface area contributed by atoms with Crippen molar-refractivity contribution in [2.45, 2.75) is 19.3 Å². The van der Waals surface area contributed by atoms with Crippen LogP contribution in [0.25, 0.3) is 0 Å². The molecule has 0 aromatic heterocycles. The normalized spacial score (nSPS) is 19.1. The Morgan fingerprint density at radius 3 is 2.82 bits per heavy atom. The molecule has 0 saturated heterocycles. The van der Waals surface area contributed by atoms with Crippen LogP contribution < -0.4 is 0 Å². The molecule has 0 radical (unpaired) electrons. The van der Waals surface area contributed by atoms with Crippen molar-refractivity contribution in [3.05, 3.63) is 23.3 Å². The Hall–Kier alpha value is -1.54. The molecule has 0 unspecified atom stereocenters. The second-order valence-corrected chi connectivity index (χ2v) is 2.39. The Labute approximate surface area is 66.1 Å². The van der Waals surface area contributed by atoms with E-state index in [1.807, 2.05) is 18.2 Å². The number of allylic oxidation sites excluding steroid dienone is 4. The molecule has 0 aliphatic heterocycles. The van der Waals surface area contributed by atoms with Crippen LogP contribution in [0.3, 0.4) is 0 Å². The van der Waals surface area contributed by atoms with E-state index in [-0.39, 0.29) is 6.42 Å². The first-order valence-corrected chi connectivity index (χ1v) is 3.54. The van der Waals surface area contributed by atoms with Gasteiger partial charge in [-0.1, -0.05) is 12.2 Å². The predicted octanol–water partition coefficient (Wildman–Crippen LogP) is 2.07. The molecule has 0 fully saturated rings. The number of nitrogens with zero attached hydrogens (tertiary/aromatic N) is 2. The van der Waals surface area contributed by atoms with E-state index >= 15 is 0 Å². The zero-order chi connectivity index (χ0) is 8.10. The van der Waals surface area contributed by atoms with Crippen LogP contribution in [0.5, 0.6) is 0 Å². The lowest BCUT2D eigenvalue weighted by Gasteiger charge is -1.94.